The zero-order valence-corrected chi connectivity index (χ0v) is 9.90. The van der Waals surface area contributed by atoms with Crippen LogP contribution in [0.1, 0.15) is 25.3 Å². The molecule has 0 atom stereocenters. The van der Waals surface area contributed by atoms with Gasteiger partial charge in [-0.1, -0.05) is 31.5 Å². The van der Waals surface area contributed by atoms with Crippen LogP contribution in [-0.2, 0) is 0 Å². The largest absolute Gasteiger partial charge is 0.369 e. The van der Waals surface area contributed by atoms with Gasteiger partial charge in [0.05, 0.1) is 11.1 Å². The fraction of sp³-hybridized carbons (Fsp3) is 0.286. The van der Waals surface area contributed by atoms with E-state index in [0.29, 0.717) is 11.4 Å². The first-order chi connectivity index (χ1) is 8.35. The zero-order valence-electron chi connectivity index (χ0n) is 9.90. The van der Waals surface area contributed by atoms with E-state index in [2.05, 4.69) is 23.3 Å². The number of fused-ring (bicyclic) bond motifs is 1. The summed E-state index contributed by atoms with van der Waals surface area (Å²) in [6.07, 6.45) is 2.21. The number of para-hydroxylation sites is 1. The summed E-state index contributed by atoms with van der Waals surface area (Å²) in [5.74, 6) is 0.694. The van der Waals surface area contributed by atoms with Crippen molar-refractivity contribution in [2.75, 3.05) is 11.9 Å². The molecule has 1 aromatic heterocycles. The molecule has 0 aliphatic carbocycles. The normalized spacial score (nSPS) is 10.1. The molecule has 1 N–H and O–H groups in total. The van der Waals surface area contributed by atoms with Gasteiger partial charge in [0.25, 0.3) is 0 Å². The van der Waals surface area contributed by atoms with E-state index >= 15 is 0 Å². The summed E-state index contributed by atoms with van der Waals surface area (Å²) in [4.78, 5) is 4.48. The van der Waals surface area contributed by atoms with E-state index in [1.54, 1.807) is 0 Å². The Labute approximate surface area is 101 Å². The Morgan fingerprint density at radius 3 is 2.94 bits per heavy atom. The van der Waals surface area contributed by atoms with Crippen molar-refractivity contribution in [2.24, 2.45) is 0 Å². The van der Waals surface area contributed by atoms with Crippen LogP contribution in [0.3, 0.4) is 0 Å². The number of nitriles is 1. The van der Waals surface area contributed by atoms with Crippen molar-refractivity contribution in [3.63, 3.8) is 0 Å². The highest BCUT2D eigenvalue weighted by Crippen LogP contribution is 2.19. The Kier molecular flexibility index (Phi) is 3.56. The van der Waals surface area contributed by atoms with Crippen LogP contribution in [0.2, 0.25) is 0 Å². The van der Waals surface area contributed by atoms with Crippen molar-refractivity contribution in [2.45, 2.75) is 19.8 Å². The average Bonchev–Trinajstić information content (AvgIpc) is 2.38. The summed E-state index contributed by atoms with van der Waals surface area (Å²) in [5, 5.41) is 13.3. The van der Waals surface area contributed by atoms with E-state index in [9.17, 15) is 0 Å². The van der Waals surface area contributed by atoms with Crippen LogP contribution in [0.15, 0.2) is 30.3 Å². The molecule has 0 aliphatic rings. The molecular formula is C14H15N3. The number of rotatable bonds is 4. The molecule has 0 amide bonds. The number of nitrogens with one attached hydrogen (secondary N) is 1. The van der Waals surface area contributed by atoms with Gasteiger partial charge < -0.3 is 5.32 Å². The maximum absolute atomic E-state index is 9.10. The summed E-state index contributed by atoms with van der Waals surface area (Å²) >= 11 is 0. The van der Waals surface area contributed by atoms with Gasteiger partial charge in [-0.05, 0) is 18.6 Å². The van der Waals surface area contributed by atoms with Crippen LogP contribution in [0.5, 0.6) is 0 Å². The molecule has 0 radical (unpaired) electrons. The van der Waals surface area contributed by atoms with Crippen LogP contribution in [0.25, 0.3) is 10.9 Å². The standard InChI is InChI=1S/C14H15N3/c1-2-3-8-16-14-12(10-15)9-11-6-4-5-7-13(11)17-14/h4-7,9H,2-3,8H2,1H3,(H,16,17). The number of benzene rings is 1. The number of hydrogen-bond acceptors (Lipinski definition) is 3. The van der Waals surface area contributed by atoms with Gasteiger partial charge >= 0.3 is 0 Å². The Morgan fingerprint density at radius 1 is 1.35 bits per heavy atom. The predicted octanol–water partition coefficient (Wildman–Crippen LogP) is 3.32. The van der Waals surface area contributed by atoms with E-state index < -0.39 is 0 Å². The Bertz CT molecular complexity index is 555. The van der Waals surface area contributed by atoms with Crippen molar-refractivity contribution in [3.05, 3.63) is 35.9 Å². The number of hydrogen-bond donors (Lipinski definition) is 1. The number of nitrogens with zero attached hydrogens (tertiary/aromatic N) is 2. The van der Waals surface area contributed by atoms with Crippen molar-refractivity contribution < 1.29 is 0 Å². The van der Waals surface area contributed by atoms with Crippen molar-refractivity contribution in [1.29, 1.82) is 5.26 Å². The SMILES string of the molecule is CCCCNc1nc2ccccc2cc1C#N. The minimum absolute atomic E-state index is 0.611. The molecule has 3 nitrogen and oxygen atoms in total. The zero-order chi connectivity index (χ0) is 12.1. The molecule has 3 heteroatoms. The minimum atomic E-state index is 0.611. The first kappa shape index (κ1) is 11.4. The second-order valence-corrected chi connectivity index (χ2v) is 3.97. The van der Waals surface area contributed by atoms with Crippen molar-refractivity contribution in [3.8, 4) is 6.07 Å². The predicted molar refractivity (Wildman–Crippen MR) is 69.9 cm³/mol. The molecule has 0 saturated heterocycles. The molecule has 0 bridgehead atoms. The molecule has 2 aromatic rings. The molecule has 0 spiro atoms. The van der Waals surface area contributed by atoms with Crippen LogP contribution in [0, 0.1) is 11.3 Å². The monoisotopic (exact) mass is 225 g/mol. The molecular weight excluding hydrogens is 210 g/mol. The average molecular weight is 225 g/mol. The Balaban J connectivity index is 2.36. The quantitative estimate of drug-likeness (QED) is 0.812. The maximum Gasteiger partial charge on any atom is 0.144 e. The molecule has 0 unspecified atom stereocenters. The van der Waals surface area contributed by atoms with Gasteiger partial charge in [0, 0.05) is 11.9 Å². The number of anilines is 1. The second-order valence-electron chi connectivity index (χ2n) is 3.97. The molecule has 2 rings (SSSR count). The lowest BCUT2D eigenvalue weighted by Crippen LogP contribution is -2.05. The first-order valence-electron chi connectivity index (χ1n) is 5.89. The minimum Gasteiger partial charge on any atom is -0.369 e. The van der Waals surface area contributed by atoms with Gasteiger partial charge in [0.1, 0.15) is 11.9 Å². The van der Waals surface area contributed by atoms with Gasteiger partial charge in [-0.3, -0.25) is 0 Å². The third-order valence-corrected chi connectivity index (χ3v) is 2.67. The number of aromatic nitrogens is 1. The van der Waals surface area contributed by atoms with Gasteiger partial charge in [-0.2, -0.15) is 5.26 Å². The van der Waals surface area contributed by atoms with Crippen molar-refractivity contribution >= 4 is 16.7 Å². The van der Waals surface area contributed by atoms with Crippen LogP contribution in [-0.4, -0.2) is 11.5 Å². The van der Waals surface area contributed by atoms with Crippen LogP contribution in [0.4, 0.5) is 5.82 Å². The lowest BCUT2D eigenvalue weighted by atomic mass is 10.1. The van der Waals surface area contributed by atoms with E-state index in [4.69, 9.17) is 5.26 Å². The van der Waals surface area contributed by atoms with E-state index in [1.807, 2.05) is 30.3 Å². The van der Waals surface area contributed by atoms with Crippen LogP contribution < -0.4 is 5.32 Å². The maximum atomic E-state index is 9.10. The number of pyridine rings is 1. The fourth-order valence-electron chi connectivity index (χ4n) is 1.72. The molecule has 1 heterocycles. The highest BCUT2D eigenvalue weighted by Gasteiger charge is 2.05. The molecule has 1 aromatic carbocycles. The van der Waals surface area contributed by atoms with E-state index in [0.717, 1.165) is 30.3 Å². The number of unbranched alkanes of at least 4 members (excludes halogenated alkanes) is 1. The topological polar surface area (TPSA) is 48.7 Å². The van der Waals surface area contributed by atoms with Gasteiger partial charge in [-0.15, -0.1) is 0 Å². The third kappa shape index (κ3) is 2.54. The third-order valence-electron chi connectivity index (χ3n) is 2.67. The molecule has 0 aliphatic heterocycles. The smallest absolute Gasteiger partial charge is 0.144 e. The highest BCUT2D eigenvalue weighted by molar-refractivity contribution is 5.82. The van der Waals surface area contributed by atoms with Gasteiger partial charge in [-0.25, -0.2) is 4.98 Å². The molecule has 86 valence electrons. The molecule has 17 heavy (non-hydrogen) atoms. The first-order valence-corrected chi connectivity index (χ1v) is 5.89. The fourth-order valence-corrected chi connectivity index (χ4v) is 1.72. The van der Waals surface area contributed by atoms with E-state index in [-0.39, 0.29) is 0 Å². The van der Waals surface area contributed by atoms with E-state index in [1.165, 1.54) is 0 Å². The van der Waals surface area contributed by atoms with Gasteiger partial charge in [0.2, 0.25) is 0 Å². The summed E-state index contributed by atoms with van der Waals surface area (Å²) in [7, 11) is 0. The Hall–Kier alpha value is -2.08. The lowest BCUT2D eigenvalue weighted by Gasteiger charge is -2.07. The highest BCUT2D eigenvalue weighted by atomic mass is 15.0. The van der Waals surface area contributed by atoms with Gasteiger partial charge in [0.15, 0.2) is 0 Å². The van der Waals surface area contributed by atoms with Crippen LogP contribution >= 0.6 is 0 Å². The summed E-state index contributed by atoms with van der Waals surface area (Å²) in [5.41, 5.74) is 1.53. The Morgan fingerprint density at radius 2 is 2.18 bits per heavy atom. The summed E-state index contributed by atoms with van der Waals surface area (Å²) in [6, 6.07) is 11.9. The molecule has 0 fully saturated rings. The lowest BCUT2D eigenvalue weighted by molar-refractivity contribution is 0.831. The van der Waals surface area contributed by atoms with Crippen molar-refractivity contribution in [1.82, 2.24) is 4.98 Å². The molecule has 0 saturated carbocycles. The second kappa shape index (κ2) is 5.31. The summed E-state index contributed by atoms with van der Waals surface area (Å²) < 4.78 is 0. The summed E-state index contributed by atoms with van der Waals surface area (Å²) in [6.45, 7) is 3.00.